The van der Waals surface area contributed by atoms with E-state index in [1.165, 1.54) is 6.33 Å². The number of anilines is 1. The van der Waals surface area contributed by atoms with Gasteiger partial charge in [-0.2, -0.15) is 16.9 Å². The highest BCUT2D eigenvalue weighted by Gasteiger charge is 2.23. The standard InChI is InChI=1S/C23H25N7O3S/c1-14(31)12-30-22-16(10-29-30)7-15(9-26-22)18-8-20(28-13-27-18)25-11-19(34-2)17-3-4-24-23-21(17)32-5-6-33-23/h3-4,7-10,13-14,19,31H,5-6,11-12H2,1-2H3,(H,25,27,28). The summed E-state index contributed by atoms with van der Waals surface area (Å²) in [6, 6.07) is 5.87. The third-order valence-electron chi connectivity index (χ3n) is 5.45. The quantitative estimate of drug-likeness (QED) is 0.390. The monoisotopic (exact) mass is 479 g/mol. The van der Waals surface area contributed by atoms with Crippen LogP contribution in [0.15, 0.2) is 43.1 Å². The average molecular weight is 480 g/mol. The Hall–Kier alpha value is -3.44. The first-order chi connectivity index (χ1) is 16.6. The van der Waals surface area contributed by atoms with Crippen molar-refractivity contribution in [3.8, 4) is 22.9 Å². The molecular formula is C23H25N7O3S. The van der Waals surface area contributed by atoms with Gasteiger partial charge in [0.05, 0.1) is 29.8 Å². The van der Waals surface area contributed by atoms with Crippen LogP contribution in [-0.2, 0) is 6.54 Å². The molecule has 5 heterocycles. The molecule has 0 saturated heterocycles. The number of thioether (sulfide) groups is 1. The number of aromatic nitrogens is 6. The van der Waals surface area contributed by atoms with E-state index in [1.54, 1.807) is 42.0 Å². The lowest BCUT2D eigenvalue weighted by molar-refractivity contribution is 0.163. The summed E-state index contributed by atoms with van der Waals surface area (Å²) in [5.74, 6) is 1.98. The van der Waals surface area contributed by atoms with Gasteiger partial charge in [-0.15, -0.1) is 0 Å². The van der Waals surface area contributed by atoms with Gasteiger partial charge < -0.3 is 19.9 Å². The van der Waals surface area contributed by atoms with E-state index in [4.69, 9.17) is 9.47 Å². The highest BCUT2D eigenvalue weighted by molar-refractivity contribution is 7.98. The van der Waals surface area contributed by atoms with Gasteiger partial charge in [-0.1, -0.05) is 0 Å². The average Bonchev–Trinajstić information content (AvgIpc) is 3.26. The van der Waals surface area contributed by atoms with Crippen molar-refractivity contribution in [1.82, 2.24) is 29.7 Å². The summed E-state index contributed by atoms with van der Waals surface area (Å²) in [5, 5.41) is 18.4. The summed E-state index contributed by atoms with van der Waals surface area (Å²) >= 11 is 1.72. The molecule has 0 aromatic carbocycles. The van der Waals surface area contributed by atoms with E-state index in [0.717, 1.165) is 27.9 Å². The van der Waals surface area contributed by atoms with Crippen molar-refractivity contribution in [1.29, 1.82) is 0 Å². The van der Waals surface area contributed by atoms with Gasteiger partial charge in [-0.3, -0.25) is 0 Å². The van der Waals surface area contributed by atoms with Crippen LogP contribution in [0, 0.1) is 0 Å². The van der Waals surface area contributed by atoms with Crippen molar-refractivity contribution >= 4 is 28.6 Å². The van der Waals surface area contributed by atoms with Crippen molar-refractivity contribution in [3.63, 3.8) is 0 Å². The Labute approximate surface area is 200 Å². The maximum absolute atomic E-state index is 9.65. The Morgan fingerprint density at radius 3 is 2.88 bits per heavy atom. The lowest BCUT2D eigenvalue weighted by Crippen LogP contribution is -2.19. The summed E-state index contributed by atoms with van der Waals surface area (Å²) < 4.78 is 13.2. The van der Waals surface area contributed by atoms with Crippen LogP contribution in [0.5, 0.6) is 11.6 Å². The van der Waals surface area contributed by atoms with Crippen LogP contribution < -0.4 is 14.8 Å². The third kappa shape index (κ3) is 4.62. The highest BCUT2D eigenvalue weighted by Crippen LogP contribution is 2.39. The van der Waals surface area contributed by atoms with E-state index < -0.39 is 6.10 Å². The maximum Gasteiger partial charge on any atom is 0.257 e. The Kier molecular flexibility index (Phi) is 6.45. The van der Waals surface area contributed by atoms with E-state index in [9.17, 15) is 5.11 Å². The number of ether oxygens (including phenoxy) is 2. The molecule has 0 fully saturated rings. The first-order valence-electron chi connectivity index (χ1n) is 11.0. The zero-order chi connectivity index (χ0) is 23.5. The zero-order valence-corrected chi connectivity index (χ0v) is 19.7. The van der Waals surface area contributed by atoms with Gasteiger partial charge in [0, 0.05) is 41.5 Å². The van der Waals surface area contributed by atoms with E-state index in [1.807, 2.05) is 18.2 Å². The number of fused-ring (bicyclic) bond motifs is 2. The van der Waals surface area contributed by atoms with Gasteiger partial charge >= 0.3 is 0 Å². The lowest BCUT2D eigenvalue weighted by Gasteiger charge is -2.23. The molecule has 0 aliphatic carbocycles. The van der Waals surface area contributed by atoms with Crippen LogP contribution >= 0.6 is 11.8 Å². The molecule has 5 rings (SSSR count). The largest absolute Gasteiger partial charge is 0.484 e. The number of aliphatic hydroxyl groups is 1. The SMILES string of the molecule is CSC(CNc1cc(-c2cnc3c(cnn3CC(C)O)c2)ncn1)c1ccnc2c1OCCO2. The Balaban J connectivity index is 1.33. The predicted octanol–water partition coefficient (Wildman–Crippen LogP) is 2.95. The van der Waals surface area contributed by atoms with E-state index in [2.05, 4.69) is 36.6 Å². The molecule has 2 atom stereocenters. The van der Waals surface area contributed by atoms with Crippen LogP contribution in [0.25, 0.3) is 22.3 Å². The van der Waals surface area contributed by atoms with Gasteiger partial charge in [0.15, 0.2) is 11.4 Å². The van der Waals surface area contributed by atoms with E-state index in [-0.39, 0.29) is 5.25 Å². The van der Waals surface area contributed by atoms with Crippen molar-refractivity contribution in [3.05, 3.63) is 48.7 Å². The first kappa shape index (κ1) is 22.4. The molecule has 34 heavy (non-hydrogen) atoms. The first-order valence-corrected chi connectivity index (χ1v) is 12.2. The highest BCUT2D eigenvalue weighted by atomic mass is 32.2. The van der Waals surface area contributed by atoms with Crippen molar-refractivity contribution in [2.75, 3.05) is 31.3 Å². The van der Waals surface area contributed by atoms with Crippen LogP contribution in [0.3, 0.4) is 0 Å². The fraction of sp³-hybridized carbons (Fsp3) is 0.348. The second-order valence-corrected chi connectivity index (χ2v) is 8.98. The summed E-state index contributed by atoms with van der Waals surface area (Å²) in [6.45, 7) is 3.79. The molecule has 1 aliphatic heterocycles. The minimum atomic E-state index is -0.498. The predicted molar refractivity (Wildman–Crippen MR) is 130 cm³/mol. The van der Waals surface area contributed by atoms with Crippen LogP contribution in [-0.4, -0.2) is 66.9 Å². The van der Waals surface area contributed by atoms with Gasteiger partial charge in [0.25, 0.3) is 5.88 Å². The van der Waals surface area contributed by atoms with Crippen molar-refractivity contribution < 1.29 is 14.6 Å². The summed E-state index contributed by atoms with van der Waals surface area (Å²) in [7, 11) is 0. The van der Waals surface area contributed by atoms with Crippen LogP contribution in [0.4, 0.5) is 5.82 Å². The number of hydrogen-bond acceptors (Lipinski definition) is 10. The maximum atomic E-state index is 9.65. The molecule has 0 amide bonds. The third-order valence-corrected chi connectivity index (χ3v) is 6.44. The Bertz CT molecular complexity index is 1300. The molecule has 2 N–H and O–H groups in total. The molecule has 0 radical (unpaired) electrons. The molecule has 176 valence electrons. The molecule has 0 saturated carbocycles. The molecule has 4 aromatic heterocycles. The number of nitrogens with zero attached hydrogens (tertiary/aromatic N) is 6. The smallest absolute Gasteiger partial charge is 0.257 e. The number of pyridine rings is 2. The number of rotatable bonds is 8. The number of nitrogens with one attached hydrogen (secondary N) is 1. The zero-order valence-electron chi connectivity index (χ0n) is 18.9. The molecule has 4 aromatic rings. The Morgan fingerprint density at radius 1 is 1.15 bits per heavy atom. The molecule has 2 unspecified atom stereocenters. The van der Waals surface area contributed by atoms with E-state index >= 15 is 0 Å². The van der Waals surface area contributed by atoms with E-state index in [0.29, 0.717) is 43.8 Å². The number of aliphatic hydroxyl groups excluding tert-OH is 1. The summed E-state index contributed by atoms with van der Waals surface area (Å²) in [5.41, 5.74) is 3.40. The summed E-state index contributed by atoms with van der Waals surface area (Å²) in [4.78, 5) is 17.6. The minimum absolute atomic E-state index is 0.120. The summed E-state index contributed by atoms with van der Waals surface area (Å²) in [6.07, 6.45) is 8.37. The second-order valence-electron chi connectivity index (χ2n) is 7.94. The van der Waals surface area contributed by atoms with Gasteiger partial charge in [0.2, 0.25) is 0 Å². The fourth-order valence-corrected chi connectivity index (χ4v) is 4.54. The normalized spacial score (nSPS) is 14.7. The topological polar surface area (TPSA) is 120 Å². The van der Waals surface area contributed by atoms with Gasteiger partial charge in [0.1, 0.15) is 25.4 Å². The van der Waals surface area contributed by atoms with Crippen molar-refractivity contribution in [2.45, 2.75) is 24.8 Å². The van der Waals surface area contributed by atoms with Gasteiger partial charge in [-0.05, 0) is 25.3 Å². The van der Waals surface area contributed by atoms with Crippen molar-refractivity contribution in [2.24, 2.45) is 0 Å². The molecule has 0 spiro atoms. The van der Waals surface area contributed by atoms with Gasteiger partial charge in [-0.25, -0.2) is 24.6 Å². The molecular weight excluding hydrogens is 454 g/mol. The van der Waals surface area contributed by atoms with Crippen LogP contribution in [0.2, 0.25) is 0 Å². The molecule has 0 bridgehead atoms. The number of hydrogen-bond donors (Lipinski definition) is 2. The second kappa shape index (κ2) is 9.82. The molecule has 1 aliphatic rings. The van der Waals surface area contributed by atoms with Crippen LogP contribution in [0.1, 0.15) is 17.7 Å². The molecule has 11 heteroatoms. The Morgan fingerprint density at radius 2 is 2.03 bits per heavy atom. The molecule has 10 nitrogen and oxygen atoms in total. The fourth-order valence-electron chi connectivity index (χ4n) is 3.85. The lowest BCUT2D eigenvalue weighted by atomic mass is 10.1. The minimum Gasteiger partial charge on any atom is -0.484 e.